The highest BCUT2D eigenvalue weighted by atomic mass is 79.9. The van der Waals surface area contributed by atoms with Gasteiger partial charge in [0.05, 0.1) is 17.6 Å². The Bertz CT molecular complexity index is 1090. The molecule has 1 N–H and O–H groups in total. The largest absolute Gasteiger partial charge is 0.484 e. The minimum Gasteiger partial charge on any atom is -0.484 e. The molecule has 0 saturated heterocycles. The molecule has 0 fully saturated rings. The predicted molar refractivity (Wildman–Crippen MR) is 119 cm³/mol. The summed E-state index contributed by atoms with van der Waals surface area (Å²) in [6.07, 6.45) is 1.36. The number of amides is 1. The third-order valence-electron chi connectivity index (χ3n) is 3.84. The molecule has 0 bridgehead atoms. The smallest absolute Gasteiger partial charge is 0.309 e. The number of rotatable bonds is 7. The number of ether oxygens (including phenoxy) is 1. The predicted octanol–water partition coefficient (Wildman–Crippen LogP) is 4.21. The standard InChI is InChI=1S/C20H17BrClN3O3S/c1-13-3-2-4-16(9-13)28-12-18(26)24-23-10-17-19(22)25(20(27)29-17)11-14-5-7-15(21)8-6-14/h2-10H,11-12H2,1H3,(H,24,26)/b23-10+. The molecule has 3 aromatic rings. The Balaban J connectivity index is 1.58. The number of aromatic nitrogens is 1. The number of hydrogen-bond acceptors (Lipinski definition) is 5. The Morgan fingerprint density at radius 3 is 2.79 bits per heavy atom. The van der Waals surface area contributed by atoms with Gasteiger partial charge in [0.1, 0.15) is 10.9 Å². The number of nitrogens with one attached hydrogen (secondary N) is 1. The van der Waals surface area contributed by atoms with Crippen LogP contribution >= 0.6 is 38.9 Å². The molecule has 0 radical (unpaired) electrons. The second-order valence-electron chi connectivity index (χ2n) is 6.13. The molecular weight excluding hydrogens is 478 g/mol. The summed E-state index contributed by atoms with van der Waals surface area (Å²) in [5, 5.41) is 4.14. The van der Waals surface area contributed by atoms with E-state index in [2.05, 4.69) is 26.5 Å². The third kappa shape index (κ3) is 6.03. The molecule has 0 aliphatic rings. The molecule has 2 aromatic carbocycles. The van der Waals surface area contributed by atoms with Gasteiger partial charge in [-0.3, -0.25) is 14.2 Å². The van der Waals surface area contributed by atoms with E-state index >= 15 is 0 Å². The molecule has 0 spiro atoms. The Labute approximate surface area is 184 Å². The Hall–Kier alpha value is -2.42. The van der Waals surface area contributed by atoms with E-state index in [0.29, 0.717) is 17.2 Å². The van der Waals surface area contributed by atoms with Gasteiger partial charge in [-0.05, 0) is 42.3 Å². The molecule has 0 saturated carbocycles. The first-order chi connectivity index (χ1) is 13.9. The zero-order chi connectivity index (χ0) is 20.8. The molecule has 0 atom stereocenters. The number of benzene rings is 2. The Morgan fingerprint density at radius 1 is 1.31 bits per heavy atom. The summed E-state index contributed by atoms with van der Waals surface area (Å²) in [4.78, 5) is 24.4. The van der Waals surface area contributed by atoms with Crippen molar-refractivity contribution in [1.29, 1.82) is 0 Å². The van der Waals surface area contributed by atoms with E-state index in [1.54, 1.807) is 6.07 Å². The Kier molecular flexibility index (Phi) is 7.24. The number of hydrogen-bond donors (Lipinski definition) is 1. The fourth-order valence-electron chi connectivity index (χ4n) is 2.44. The van der Waals surface area contributed by atoms with Crippen LogP contribution in [-0.2, 0) is 11.3 Å². The van der Waals surface area contributed by atoms with Crippen molar-refractivity contribution < 1.29 is 9.53 Å². The summed E-state index contributed by atoms with van der Waals surface area (Å²) in [7, 11) is 0. The van der Waals surface area contributed by atoms with Gasteiger partial charge in [-0.25, -0.2) is 5.43 Å². The molecule has 0 aliphatic heterocycles. The van der Waals surface area contributed by atoms with Crippen LogP contribution in [0.5, 0.6) is 5.75 Å². The van der Waals surface area contributed by atoms with Crippen LogP contribution in [0.1, 0.15) is 16.0 Å². The van der Waals surface area contributed by atoms with Crippen molar-refractivity contribution in [3.05, 3.63) is 83.8 Å². The zero-order valence-corrected chi connectivity index (χ0v) is 18.6. The molecule has 9 heteroatoms. The number of carbonyl (C=O) groups is 1. The normalized spacial score (nSPS) is 11.0. The summed E-state index contributed by atoms with van der Waals surface area (Å²) in [6.45, 7) is 2.12. The number of halogens is 2. The first kappa shape index (κ1) is 21.3. The minimum absolute atomic E-state index is 0.171. The van der Waals surface area contributed by atoms with Crippen LogP contribution in [0.25, 0.3) is 0 Å². The summed E-state index contributed by atoms with van der Waals surface area (Å²) in [6, 6.07) is 15.0. The minimum atomic E-state index is -0.416. The summed E-state index contributed by atoms with van der Waals surface area (Å²) in [5.74, 6) is 0.191. The highest BCUT2D eigenvalue weighted by Crippen LogP contribution is 2.19. The lowest BCUT2D eigenvalue weighted by Gasteiger charge is -2.05. The average Bonchev–Trinajstić information content (AvgIpc) is 2.96. The second-order valence-corrected chi connectivity index (χ2v) is 8.40. The van der Waals surface area contributed by atoms with E-state index in [1.165, 1.54) is 10.8 Å². The van der Waals surface area contributed by atoms with Gasteiger partial charge in [-0.1, -0.05) is 63.1 Å². The maximum Gasteiger partial charge on any atom is 0.309 e. The summed E-state index contributed by atoms with van der Waals surface area (Å²) in [5.41, 5.74) is 4.35. The fraction of sp³-hybridized carbons (Fsp3) is 0.150. The van der Waals surface area contributed by atoms with Gasteiger partial charge in [0, 0.05) is 4.47 Å². The topological polar surface area (TPSA) is 72.7 Å². The van der Waals surface area contributed by atoms with Crippen molar-refractivity contribution in [3.63, 3.8) is 0 Å². The van der Waals surface area contributed by atoms with Gasteiger partial charge in [0.25, 0.3) is 5.91 Å². The highest BCUT2D eigenvalue weighted by molar-refractivity contribution is 9.10. The van der Waals surface area contributed by atoms with E-state index in [-0.39, 0.29) is 16.6 Å². The fourth-order valence-corrected chi connectivity index (χ4v) is 3.81. The molecule has 0 unspecified atom stereocenters. The van der Waals surface area contributed by atoms with E-state index in [1.807, 2.05) is 49.4 Å². The van der Waals surface area contributed by atoms with Crippen LogP contribution < -0.4 is 15.0 Å². The monoisotopic (exact) mass is 493 g/mol. The third-order valence-corrected chi connectivity index (χ3v) is 5.80. The van der Waals surface area contributed by atoms with E-state index < -0.39 is 5.91 Å². The van der Waals surface area contributed by atoms with Gasteiger partial charge < -0.3 is 4.74 Å². The first-order valence-electron chi connectivity index (χ1n) is 8.57. The number of carbonyl (C=O) groups excluding carboxylic acids is 1. The van der Waals surface area contributed by atoms with E-state index in [4.69, 9.17) is 16.3 Å². The quantitative estimate of drug-likeness (QED) is 0.395. The van der Waals surface area contributed by atoms with Gasteiger partial charge in [0.15, 0.2) is 6.61 Å². The van der Waals surface area contributed by atoms with Gasteiger partial charge >= 0.3 is 4.87 Å². The van der Waals surface area contributed by atoms with Gasteiger partial charge in [-0.2, -0.15) is 5.10 Å². The van der Waals surface area contributed by atoms with E-state index in [0.717, 1.165) is 26.9 Å². The van der Waals surface area contributed by atoms with Crippen LogP contribution in [0.3, 0.4) is 0 Å². The number of nitrogens with zero attached hydrogens (tertiary/aromatic N) is 2. The summed E-state index contributed by atoms with van der Waals surface area (Å²) >= 11 is 10.7. The van der Waals surface area contributed by atoms with Crippen molar-refractivity contribution in [2.45, 2.75) is 13.5 Å². The average molecular weight is 495 g/mol. The second kappa shape index (κ2) is 9.87. The van der Waals surface area contributed by atoms with Crippen LogP contribution in [0.4, 0.5) is 0 Å². The van der Waals surface area contributed by atoms with E-state index in [9.17, 15) is 9.59 Å². The van der Waals surface area contributed by atoms with Crippen molar-refractivity contribution in [2.24, 2.45) is 5.10 Å². The first-order valence-corrected chi connectivity index (χ1v) is 10.6. The molecule has 6 nitrogen and oxygen atoms in total. The molecular formula is C20H17BrClN3O3S. The van der Waals surface area contributed by atoms with Crippen molar-refractivity contribution >= 4 is 51.0 Å². The molecule has 1 aromatic heterocycles. The molecule has 3 rings (SSSR count). The van der Waals surface area contributed by atoms with Crippen LogP contribution in [0, 0.1) is 6.92 Å². The van der Waals surface area contributed by atoms with Crippen LogP contribution in [0.2, 0.25) is 5.15 Å². The number of hydrazone groups is 1. The van der Waals surface area contributed by atoms with Crippen molar-refractivity contribution in [3.8, 4) is 5.75 Å². The highest BCUT2D eigenvalue weighted by Gasteiger charge is 2.12. The lowest BCUT2D eigenvalue weighted by Crippen LogP contribution is -2.24. The van der Waals surface area contributed by atoms with Crippen LogP contribution in [-0.4, -0.2) is 23.3 Å². The lowest BCUT2D eigenvalue weighted by atomic mass is 10.2. The van der Waals surface area contributed by atoms with Crippen molar-refractivity contribution in [1.82, 2.24) is 9.99 Å². The van der Waals surface area contributed by atoms with Gasteiger partial charge in [0.2, 0.25) is 0 Å². The lowest BCUT2D eigenvalue weighted by molar-refractivity contribution is -0.123. The van der Waals surface area contributed by atoms with Crippen molar-refractivity contribution in [2.75, 3.05) is 6.61 Å². The molecule has 1 heterocycles. The van der Waals surface area contributed by atoms with Gasteiger partial charge in [-0.15, -0.1) is 0 Å². The summed E-state index contributed by atoms with van der Waals surface area (Å²) < 4.78 is 7.82. The maximum absolute atomic E-state index is 12.2. The molecule has 150 valence electrons. The number of thiazole rings is 1. The maximum atomic E-state index is 12.2. The SMILES string of the molecule is Cc1cccc(OCC(=O)N/N=C/c2sc(=O)n(Cc3ccc(Br)cc3)c2Cl)c1. The van der Waals surface area contributed by atoms with Crippen LogP contribution in [0.15, 0.2) is 62.9 Å². The Morgan fingerprint density at radius 2 is 2.07 bits per heavy atom. The zero-order valence-electron chi connectivity index (χ0n) is 15.4. The molecule has 0 aliphatic carbocycles. The number of aryl methyl sites for hydroxylation is 1. The molecule has 29 heavy (non-hydrogen) atoms. The molecule has 1 amide bonds.